The molecule has 1 aromatic heterocycles. The molecule has 0 spiro atoms. The van der Waals surface area contributed by atoms with Crippen LogP contribution >= 0.6 is 0 Å². The molecule has 1 aromatic carbocycles. The molecule has 1 atom stereocenters. The number of aromatic amines is 1. The van der Waals surface area contributed by atoms with Gasteiger partial charge in [-0.2, -0.15) is 18.3 Å². The van der Waals surface area contributed by atoms with Gasteiger partial charge in [0.25, 0.3) is 0 Å². The summed E-state index contributed by atoms with van der Waals surface area (Å²) in [6.45, 7) is 1.83. The molecule has 2 aromatic rings. The van der Waals surface area contributed by atoms with E-state index in [2.05, 4.69) is 20.8 Å². The second kappa shape index (κ2) is 5.40. The summed E-state index contributed by atoms with van der Waals surface area (Å²) in [6.07, 6.45) is -3.33. The second-order valence-corrected chi connectivity index (χ2v) is 5.08. The van der Waals surface area contributed by atoms with Gasteiger partial charge in [0, 0.05) is 24.2 Å². The monoisotopic (exact) mass is 296 g/mol. The van der Waals surface area contributed by atoms with Crippen LogP contribution < -0.4 is 10.6 Å². The molecule has 0 amide bonds. The number of hydrogen-bond donors (Lipinski definition) is 3. The van der Waals surface area contributed by atoms with Crippen LogP contribution in [0.2, 0.25) is 0 Å². The first-order valence-electron chi connectivity index (χ1n) is 6.73. The van der Waals surface area contributed by atoms with Gasteiger partial charge in [0.05, 0.1) is 11.3 Å². The van der Waals surface area contributed by atoms with Crippen molar-refractivity contribution in [2.45, 2.75) is 18.6 Å². The Balaban J connectivity index is 1.79. The van der Waals surface area contributed by atoms with Crippen LogP contribution in [-0.4, -0.2) is 29.3 Å². The lowest BCUT2D eigenvalue weighted by atomic mass is 10.1. The summed E-state index contributed by atoms with van der Waals surface area (Å²) >= 11 is 0. The van der Waals surface area contributed by atoms with Crippen LogP contribution in [0, 0.1) is 0 Å². The molecule has 0 aliphatic carbocycles. The summed E-state index contributed by atoms with van der Waals surface area (Å²) in [7, 11) is 0. The topological polar surface area (TPSA) is 52.7 Å². The average molecular weight is 296 g/mol. The van der Waals surface area contributed by atoms with E-state index < -0.39 is 11.7 Å². The molecule has 1 fully saturated rings. The predicted molar refractivity (Wildman–Crippen MR) is 73.9 cm³/mol. The van der Waals surface area contributed by atoms with E-state index in [-0.39, 0.29) is 0 Å². The molecule has 2 heterocycles. The smallest absolute Gasteiger partial charge is 0.365 e. The molecule has 0 saturated carbocycles. The fourth-order valence-electron chi connectivity index (χ4n) is 2.39. The van der Waals surface area contributed by atoms with E-state index in [9.17, 15) is 13.2 Å². The van der Waals surface area contributed by atoms with Gasteiger partial charge in [0.1, 0.15) is 5.82 Å². The molecule has 1 saturated heterocycles. The lowest BCUT2D eigenvalue weighted by molar-refractivity contribution is -0.137. The van der Waals surface area contributed by atoms with E-state index in [4.69, 9.17) is 0 Å². The molecule has 7 heteroatoms. The maximum atomic E-state index is 12.7. The quantitative estimate of drug-likeness (QED) is 0.816. The molecule has 1 aliphatic rings. The van der Waals surface area contributed by atoms with E-state index in [1.165, 1.54) is 6.07 Å². The minimum atomic E-state index is -4.34. The van der Waals surface area contributed by atoms with Gasteiger partial charge in [-0.25, -0.2) is 0 Å². The number of alkyl halides is 3. The van der Waals surface area contributed by atoms with Gasteiger partial charge in [-0.1, -0.05) is 12.1 Å². The van der Waals surface area contributed by atoms with Gasteiger partial charge in [-0.05, 0) is 25.1 Å². The molecule has 1 unspecified atom stereocenters. The summed E-state index contributed by atoms with van der Waals surface area (Å²) in [5.41, 5.74) is 0.369. The normalized spacial score (nSPS) is 18.9. The first-order valence-corrected chi connectivity index (χ1v) is 6.73. The van der Waals surface area contributed by atoms with Crippen LogP contribution in [0.3, 0.4) is 0 Å². The van der Waals surface area contributed by atoms with Crippen LogP contribution in [0.5, 0.6) is 0 Å². The van der Waals surface area contributed by atoms with Crippen molar-refractivity contribution in [3.63, 3.8) is 0 Å². The Morgan fingerprint density at radius 2 is 2.10 bits per heavy atom. The first kappa shape index (κ1) is 13.9. The van der Waals surface area contributed by atoms with Crippen molar-refractivity contribution in [2.75, 3.05) is 18.4 Å². The number of hydrogen-bond acceptors (Lipinski definition) is 3. The molecular formula is C14H15F3N4. The molecule has 0 radical (unpaired) electrons. The lowest BCUT2D eigenvalue weighted by Crippen LogP contribution is -2.22. The maximum absolute atomic E-state index is 12.7. The standard InChI is InChI=1S/C14H15F3N4/c15-14(16,17)10-3-1-2-9(6-10)12-7-13(21-20-12)19-11-4-5-18-8-11/h1-3,6-7,11,18H,4-5,8H2,(H2,19,20,21). The summed E-state index contributed by atoms with van der Waals surface area (Å²) in [6, 6.07) is 7.24. The molecule has 112 valence electrons. The number of aromatic nitrogens is 2. The Morgan fingerprint density at radius 1 is 1.24 bits per heavy atom. The van der Waals surface area contributed by atoms with Crippen molar-refractivity contribution in [1.82, 2.24) is 15.5 Å². The molecule has 1 aliphatic heterocycles. The van der Waals surface area contributed by atoms with Crippen molar-refractivity contribution >= 4 is 5.82 Å². The van der Waals surface area contributed by atoms with Gasteiger partial charge < -0.3 is 10.6 Å². The minimum Gasteiger partial charge on any atom is -0.365 e. The molecular weight excluding hydrogens is 281 g/mol. The fourth-order valence-corrected chi connectivity index (χ4v) is 2.39. The summed E-state index contributed by atoms with van der Waals surface area (Å²) in [5.74, 6) is 0.649. The van der Waals surface area contributed by atoms with Crippen molar-refractivity contribution < 1.29 is 13.2 Å². The average Bonchev–Trinajstić information content (AvgIpc) is 3.10. The Labute approximate surface area is 119 Å². The number of H-pyrrole nitrogens is 1. The Morgan fingerprint density at radius 3 is 2.81 bits per heavy atom. The van der Waals surface area contributed by atoms with E-state index in [1.54, 1.807) is 12.1 Å². The minimum absolute atomic E-state index is 0.308. The van der Waals surface area contributed by atoms with Crippen LogP contribution in [0.15, 0.2) is 30.3 Å². The number of nitrogens with one attached hydrogen (secondary N) is 3. The van der Waals surface area contributed by atoms with Gasteiger partial charge in [-0.15, -0.1) is 0 Å². The van der Waals surface area contributed by atoms with Gasteiger partial charge in [0.15, 0.2) is 0 Å². The van der Waals surface area contributed by atoms with E-state index in [0.29, 0.717) is 23.1 Å². The fraction of sp³-hybridized carbons (Fsp3) is 0.357. The number of benzene rings is 1. The van der Waals surface area contributed by atoms with E-state index >= 15 is 0 Å². The van der Waals surface area contributed by atoms with Gasteiger partial charge in [-0.3, -0.25) is 5.10 Å². The number of rotatable bonds is 3. The second-order valence-electron chi connectivity index (χ2n) is 5.08. The Hall–Kier alpha value is -2.02. The van der Waals surface area contributed by atoms with Gasteiger partial charge >= 0.3 is 6.18 Å². The molecule has 21 heavy (non-hydrogen) atoms. The van der Waals surface area contributed by atoms with Crippen molar-refractivity contribution in [1.29, 1.82) is 0 Å². The zero-order valence-electron chi connectivity index (χ0n) is 11.2. The molecule has 3 rings (SSSR count). The predicted octanol–water partition coefficient (Wildman–Crippen LogP) is 2.87. The lowest BCUT2D eigenvalue weighted by Gasteiger charge is -2.09. The third kappa shape index (κ3) is 3.18. The van der Waals surface area contributed by atoms with Crippen LogP contribution in [-0.2, 0) is 6.18 Å². The molecule has 4 nitrogen and oxygen atoms in total. The number of anilines is 1. The highest BCUT2D eigenvalue weighted by Crippen LogP contribution is 2.32. The van der Waals surface area contributed by atoms with Crippen LogP contribution in [0.25, 0.3) is 11.3 Å². The summed E-state index contributed by atoms with van der Waals surface area (Å²) in [4.78, 5) is 0. The summed E-state index contributed by atoms with van der Waals surface area (Å²) < 4.78 is 38.1. The SMILES string of the molecule is FC(F)(F)c1cccc(-c2cc(NC3CCNC3)n[nH]2)c1. The summed E-state index contributed by atoms with van der Waals surface area (Å²) in [5, 5.41) is 13.4. The highest BCUT2D eigenvalue weighted by Gasteiger charge is 2.30. The first-order chi connectivity index (χ1) is 10.0. The molecule has 0 bridgehead atoms. The largest absolute Gasteiger partial charge is 0.416 e. The zero-order valence-corrected chi connectivity index (χ0v) is 11.2. The maximum Gasteiger partial charge on any atom is 0.416 e. The van der Waals surface area contributed by atoms with Crippen LogP contribution in [0.4, 0.5) is 19.0 Å². The van der Waals surface area contributed by atoms with Gasteiger partial charge in [0.2, 0.25) is 0 Å². The van der Waals surface area contributed by atoms with Crippen molar-refractivity contribution in [3.8, 4) is 11.3 Å². The highest BCUT2D eigenvalue weighted by atomic mass is 19.4. The Kier molecular flexibility index (Phi) is 3.59. The molecule has 3 N–H and O–H groups in total. The number of halogens is 3. The number of nitrogens with zero attached hydrogens (tertiary/aromatic N) is 1. The Bertz CT molecular complexity index is 615. The van der Waals surface area contributed by atoms with E-state index in [1.807, 2.05) is 0 Å². The zero-order chi connectivity index (χ0) is 14.9. The van der Waals surface area contributed by atoms with Crippen molar-refractivity contribution in [3.05, 3.63) is 35.9 Å². The third-order valence-electron chi connectivity index (χ3n) is 3.49. The van der Waals surface area contributed by atoms with E-state index in [0.717, 1.165) is 31.6 Å². The third-order valence-corrected chi connectivity index (χ3v) is 3.49. The van der Waals surface area contributed by atoms with Crippen molar-refractivity contribution in [2.24, 2.45) is 0 Å². The highest BCUT2D eigenvalue weighted by molar-refractivity contribution is 5.63. The van der Waals surface area contributed by atoms with Crippen LogP contribution in [0.1, 0.15) is 12.0 Å².